The van der Waals surface area contributed by atoms with Gasteiger partial charge in [0.25, 0.3) is 5.88 Å². The summed E-state index contributed by atoms with van der Waals surface area (Å²) in [5.41, 5.74) is 12.4. The number of nitrogens with two attached hydrogens (primary N) is 1. The zero-order valence-corrected chi connectivity index (χ0v) is 19.9. The molecule has 4 N–H and O–H groups in total. The van der Waals surface area contributed by atoms with Crippen LogP contribution < -0.4 is 5.73 Å². The number of allylic oxidation sites excluding steroid dienone is 2. The summed E-state index contributed by atoms with van der Waals surface area (Å²) < 4.78 is 33.4. The van der Waals surface area contributed by atoms with Crippen LogP contribution >= 0.6 is 11.6 Å². The van der Waals surface area contributed by atoms with Crippen molar-refractivity contribution >= 4 is 34.2 Å². The molecular weight excluding hydrogens is 499 g/mol. The van der Waals surface area contributed by atoms with E-state index in [-0.39, 0.29) is 5.88 Å². The molecule has 5 rings (SSSR count). The molecule has 1 aromatic carbocycles. The third-order valence-corrected chi connectivity index (χ3v) is 6.68. The monoisotopic (exact) mass is 523 g/mol. The highest BCUT2D eigenvalue weighted by Crippen LogP contribution is 2.47. The van der Waals surface area contributed by atoms with E-state index in [0.29, 0.717) is 16.9 Å². The van der Waals surface area contributed by atoms with Gasteiger partial charge in [-0.25, -0.2) is 9.48 Å². The van der Waals surface area contributed by atoms with Crippen LogP contribution in [0.2, 0.25) is 5.02 Å². The topological polar surface area (TPSA) is 127 Å². The molecular formula is C24H25ClF3N5O3. The Balaban J connectivity index is 0.000000384. The van der Waals surface area contributed by atoms with Crippen LogP contribution in [-0.2, 0) is 17.8 Å². The van der Waals surface area contributed by atoms with Gasteiger partial charge in [-0.3, -0.25) is 4.98 Å². The summed E-state index contributed by atoms with van der Waals surface area (Å²) in [6, 6.07) is 5.79. The van der Waals surface area contributed by atoms with E-state index in [4.69, 9.17) is 32.2 Å². The lowest BCUT2D eigenvalue weighted by Gasteiger charge is -2.36. The summed E-state index contributed by atoms with van der Waals surface area (Å²) in [6.45, 7) is 0.780. The van der Waals surface area contributed by atoms with E-state index in [9.17, 15) is 18.3 Å². The van der Waals surface area contributed by atoms with Crippen LogP contribution in [0.3, 0.4) is 0 Å². The predicted molar refractivity (Wildman–Crippen MR) is 128 cm³/mol. The van der Waals surface area contributed by atoms with E-state index in [0.717, 1.165) is 60.9 Å². The van der Waals surface area contributed by atoms with E-state index in [1.807, 2.05) is 18.2 Å². The highest BCUT2D eigenvalue weighted by atomic mass is 35.5. The van der Waals surface area contributed by atoms with Crippen LogP contribution in [0.15, 0.2) is 36.0 Å². The molecule has 2 aromatic heterocycles. The smallest absolute Gasteiger partial charge is 0.490 e. The first-order valence-corrected chi connectivity index (χ1v) is 11.9. The second-order valence-corrected chi connectivity index (χ2v) is 9.51. The van der Waals surface area contributed by atoms with Crippen molar-refractivity contribution in [2.75, 3.05) is 5.73 Å². The number of nitrogen functional groups attached to an aromatic ring is 1. The number of carboxylic acids is 1. The molecule has 0 aliphatic heterocycles. The maximum atomic E-state index is 10.6. The molecule has 2 atom stereocenters. The lowest BCUT2D eigenvalue weighted by Crippen LogP contribution is -2.24. The first-order valence-electron chi connectivity index (χ1n) is 11.5. The highest BCUT2D eigenvalue weighted by Gasteiger charge is 2.38. The van der Waals surface area contributed by atoms with E-state index < -0.39 is 12.1 Å². The van der Waals surface area contributed by atoms with Gasteiger partial charge in [-0.1, -0.05) is 33.6 Å². The number of aromatic nitrogens is 4. The van der Waals surface area contributed by atoms with Crippen molar-refractivity contribution in [3.8, 4) is 5.88 Å². The Hall–Kier alpha value is -3.34. The Labute approximate surface area is 209 Å². The first-order chi connectivity index (χ1) is 17.0. The molecule has 12 heteroatoms. The van der Waals surface area contributed by atoms with E-state index in [2.05, 4.69) is 16.4 Å². The zero-order valence-electron chi connectivity index (χ0n) is 19.2. The minimum atomic E-state index is -5.08. The standard InChI is InChI=1S/C22H24ClN5O.C2HF3O2/c23-16-4-5-17-18(11-16)25-19-10-14-7-13(8-15(9-14)21(19)22(17)24)3-1-2-6-28-12-20(29)26-27-28;3-2(4,5)1(6)7/h4-5,7,11-12,14-15,29H,1-3,6,8-10H2,(H2,24,25);(H,6,7). The lowest BCUT2D eigenvalue weighted by molar-refractivity contribution is -0.192. The fraction of sp³-hybridized carbons (Fsp3) is 0.417. The van der Waals surface area contributed by atoms with Gasteiger partial charge in [0, 0.05) is 33.9 Å². The number of pyridine rings is 1. The van der Waals surface area contributed by atoms with Crippen molar-refractivity contribution in [2.45, 2.75) is 57.2 Å². The number of hydrogen-bond acceptors (Lipinski definition) is 6. The number of nitrogens with zero attached hydrogens (tertiary/aromatic N) is 4. The van der Waals surface area contributed by atoms with Crippen molar-refractivity contribution in [1.29, 1.82) is 0 Å². The SMILES string of the molecule is Nc1c2c(nc3cc(Cl)ccc13)CC1C=C(CCCCn3cc(O)nn3)CC2C1.O=C(O)C(F)(F)F. The number of unbranched alkanes of at least 4 members (excludes halogenated alkanes) is 1. The van der Waals surface area contributed by atoms with E-state index in [1.165, 1.54) is 17.6 Å². The number of anilines is 1. The highest BCUT2D eigenvalue weighted by molar-refractivity contribution is 6.31. The second-order valence-electron chi connectivity index (χ2n) is 9.07. The Morgan fingerprint density at radius 2 is 2.00 bits per heavy atom. The molecule has 0 saturated carbocycles. The summed E-state index contributed by atoms with van der Waals surface area (Å²) >= 11 is 6.16. The normalized spacial score (nSPS) is 18.7. The molecule has 3 aromatic rings. The number of fused-ring (bicyclic) bond motifs is 5. The molecule has 192 valence electrons. The van der Waals surface area contributed by atoms with Crippen molar-refractivity contribution in [3.05, 3.63) is 52.3 Å². The predicted octanol–water partition coefficient (Wildman–Crippen LogP) is 5.25. The van der Waals surface area contributed by atoms with E-state index >= 15 is 0 Å². The minimum Gasteiger partial charge on any atom is -0.491 e. The molecule has 2 bridgehead atoms. The van der Waals surface area contributed by atoms with Gasteiger partial charge in [-0.2, -0.15) is 13.2 Å². The van der Waals surface area contributed by atoms with Crippen molar-refractivity contribution in [3.63, 3.8) is 0 Å². The van der Waals surface area contributed by atoms with Gasteiger partial charge in [0.05, 0.1) is 11.7 Å². The molecule has 0 saturated heterocycles. The third-order valence-electron chi connectivity index (χ3n) is 6.44. The third kappa shape index (κ3) is 5.89. The van der Waals surface area contributed by atoms with Gasteiger partial charge in [0.2, 0.25) is 0 Å². The van der Waals surface area contributed by atoms with Crippen molar-refractivity contribution < 1.29 is 28.2 Å². The summed E-state index contributed by atoms with van der Waals surface area (Å²) in [5.74, 6) is -1.77. The van der Waals surface area contributed by atoms with Crippen LogP contribution in [0.1, 0.15) is 49.3 Å². The average Bonchev–Trinajstić information content (AvgIpc) is 3.21. The van der Waals surface area contributed by atoms with Gasteiger partial charge < -0.3 is 15.9 Å². The number of carbonyl (C=O) groups is 1. The fourth-order valence-electron chi connectivity index (χ4n) is 5.00. The largest absolute Gasteiger partial charge is 0.491 e. The number of alkyl halides is 3. The van der Waals surface area contributed by atoms with Crippen molar-refractivity contribution in [2.24, 2.45) is 5.92 Å². The Morgan fingerprint density at radius 1 is 1.25 bits per heavy atom. The molecule has 2 unspecified atom stereocenters. The summed E-state index contributed by atoms with van der Waals surface area (Å²) in [6.07, 6.45) is 5.36. The number of aromatic hydroxyl groups is 1. The molecule has 0 fully saturated rings. The van der Waals surface area contributed by atoms with Crippen molar-refractivity contribution in [1.82, 2.24) is 20.0 Å². The fourth-order valence-corrected chi connectivity index (χ4v) is 5.16. The summed E-state index contributed by atoms with van der Waals surface area (Å²) in [7, 11) is 0. The Kier molecular flexibility index (Phi) is 7.39. The Morgan fingerprint density at radius 3 is 2.67 bits per heavy atom. The molecule has 2 heterocycles. The van der Waals surface area contributed by atoms with Crippen LogP contribution in [0.4, 0.5) is 18.9 Å². The lowest BCUT2D eigenvalue weighted by atomic mass is 9.70. The number of hydrogen-bond donors (Lipinski definition) is 3. The van der Waals surface area contributed by atoms with Crippen LogP contribution in [0, 0.1) is 5.92 Å². The average molecular weight is 524 g/mol. The quantitative estimate of drug-likeness (QED) is 0.308. The molecule has 0 spiro atoms. The number of aryl methyl sites for hydroxylation is 1. The van der Waals surface area contributed by atoms with Gasteiger partial charge in [0.1, 0.15) is 0 Å². The maximum Gasteiger partial charge on any atom is 0.490 e. The molecule has 2 aliphatic carbocycles. The minimum absolute atomic E-state index is 0.0209. The molecule has 8 nitrogen and oxygen atoms in total. The molecule has 2 aliphatic rings. The van der Waals surface area contributed by atoms with Gasteiger partial charge in [0.15, 0.2) is 0 Å². The van der Waals surface area contributed by atoms with E-state index in [1.54, 1.807) is 10.9 Å². The Bertz CT molecular complexity index is 1310. The molecule has 0 amide bonds. The van der Waals surface area contributed by atoms with Crippen LogP contribution in [0.25, 0.3) is 10.9 Å². The summed E-state index contributed by atoms with van der Waals surface area (Å²) in [4.78, 5) is 13.8. The number of carboxylic acid groups (broad SMARTS) is 1. The molecule has 36 heavy (non-hydrogen) atoms. The molecule has 0 radical (unpaired) electrons. The van der Waals surface area contributed by atoms with Gasteiger partial charge >= 0.3 is 12.1 Å². The number of benzene rings is 1. The maximum absolute atomic E-state index is 10.6. The van der Waals surface area contributed by atoms with Gasteiger partial charge in [-0.05, 0) is 68.6 Å². The second kappa shape index (κ2) is 10.3. The van der Waals surface area contributed by atoms with Gasteiger partial charge in [-0.15, -0.1) is 0 Å². The summed E-state index contributed by atoms with van der Waals surface area (Å²) in [5, 5.41) is 25.6. The number of aliphatic carboxylic acids is 1. The zero-order chi connectivity index (χ0) is 26.0. The number of halogens is 4. The van der Waals surface area contributed by atoms with Crippen LogP contribution in [-0.4, -0.2) is 42.3 Å². The van der Waals surface area contributed by atoms with Crippen LogP contribution in [0.5, 0.6) is 5.88 Å². The number of rotatable bonds is 5. The first kappa shape index (κ1) is 25.7.